The van der Waals surface area contributed by atoms with E-state index in [1.165, 1.54) is 12.5 Å². The number of ether oxygens (including phenoxy) is 2. The van der Waals surface area contributed by atoms with Crippen LogP contribution < -0.4 is 9.47 Å². The molecule has 1 aromatic heterocycles. The first-order chi connectivity index (χ1) is 11.6. The van der Waals surface area contributed by atoms with Crippen molar-refractivity contribution in [2.24, 2.45) is 0 Å². The van der Waals surface area contributed by atoms with Gasteiger partial charge in [-0.2, -0.15) is 0 Å². The molecule has 0 saturated heterocycles. The molecule has 0 saturated carbocycles. The predicted octanol–water partition coefficient (Wildman–Crippen LogP) is 4.03. The molecule has 0 unspecified atom stereocenters. The van der Waals surface area contributed by atoms with Crippen molar-refractivity contribution in [2.45, 2.75) is 0 Å². The van der Waals surface area contributed by atoms with Crippen LogP contribution in [0.15, 0.2) is 53.3 Å². The Morgan fingerprint density at radius 2 is 1.92 bits per heavy atom. The van der Waals surface area contributed by atoms with E-state index in [0.29, 0.717) is 27.4 Å². The first kappa shape index (κ1) is 16.3. The predicted molar refractivity (Wildman–Crippen MR) is 87.3 cm³/mol. The molecular weight excluding hydrogens is 355 g/mol. The highest BCUT2D eigenvalue weighted by atomic mass is 35.5. The Morgan fingerprint density at radius 1 is 1.12 bits per heavy atom. The van der Waals surface area contributed by atoms with E-state index in [0.717, 1.165) is 5.56 Å². The minimum atomic E-state index is -0.563. The normalized spacial score (nSPS) is 10.4. The van der Waals surface area contributed by atoms with Crippen molar-refractivity contribution in [3.05, 3.63) is 58.9 Å². The number of aromatic nitrogens is 2. The molecule has 1 heterocycles. The van der Waals surface area contributed by atoms with Crippen molar-refractivity contribution in [1.82, 2.24) is 10.2 Å². The van der Waals surface area contributed by atoms with Crippen molar-refractivity contribution < 1.29 is 18.7 Å². The fraction of sp³-hybridized carbons (Fsp3) is 0.0625. The van der Waals surface area contributed by atoms with Crippen molar-refractivity contribution in [2.75, 3.05) is 6.61 Å². The van der Waals surface area contributed by atoms with Crippen LogP contribution in [0, 0.1) is 0 Å². The van der Waals surface area contributed by atoms with Crippen LogP contribution in [0.2, 0.25) is 10.0 Å². The summed E-state index contributed by atoms with van der Waals surface area (Å²) in [5.74, 6) is 0.541. The van der Waals surface area contributed by atoms with Gasteiger partial charge in [-0.3, -0.25) is 0 Å². The van der Waals surface area contributed by atoms with E-state index in [-0.39, 0.29) is 6.61 Å². The topological polar surface area (TPSA) is 74.5 Å². The number of hydrogen-bond donors (Lipinski definition) is 0. The lowest BCUT2D eigenvalue weighted by molar-refractivity contribution is -0.136. The molecule has 0 amide bonds. The standard InChI is InChI=1S/C16H10Cl2N2O4/c17-11-3-6-14(13(18)7-11)22-8-15(21)24-12-4-1-10(2-5-12)16-20-19-9-23-16/h1-7,9H,8H2. The van der Waals surface area contributed by atoms with Crippen LogP contribution in [-0.2, 0) is 4.79 Å². The lowest BCUT2D eigenvalue weighted by Gasteiger charge is -2.08. The Bertz CT molecular complexity index is 836. The summed E-state index contributed by atoms with van der Waals surface area (Å²) in [5.41, 5.74) is 0.719. The van der Waals surface area contributed by atoms with Crippen molar-refractivity contribution in [3.63, 3.8) is 0 Å². The van der Waals surface area contributed by atoms with E-state index in [2.05, 4.69) is 10.2 Å². The Morgan fingerprint density at radius 3 is 2.58 bits per heavy atom. The molecule has 0 fully saturated rings. The molecule has 2 aromatic carbocycles. The van der Waals surface area contributed by atoms with Gasteiger partial charge >= 0.3 is 5.97 Å². The summed E-state index contributed by atoms with van der Waals surface area (Å²) >= 11 is 11.7. The van der Waals surface area contributed by atoms with E-state index in [1.807, 2.05) is 0 Å². The van der Waals surface area contributed by atoms with Gasteiger partial charge in [0.15, 0.2) is 6.61 Å². The van der Waals surface area contributed by atoms with Crippen LogP contribution >= 0.6 is 23.2 Å². The van der Waals surface area contributed by atoms with Crippen LogP contribution in [0.4, 0.5) is 0 Å². The molecule has 0 aliphatic carbocycles. The highest BCUT2D eigenvalue weighted by Crippen LogP contribution is 2.27. The minimum Gasteiger partial charge on any atom is -0.480 e. The number of esters is 1. The Labute approximate surface area is 146 Å². The Hall–Kier alpha value is -2.57. The van der Waals surface area contributed by atoms with Crippen molar-refractivity contribution >= 4 is 29.2 Å². The van der Waals surface area contributed by atoms with Gasteiger partial charge in [-0.05, 0) is 42.5 Å². The molecular formula is C16H10Cl2N2O4. The molecule has 0 radical (unpaired) electrons. The van der Waals surface area contributed by atoms with Gasteiger partial charge in [-0.15, -0.1) is 10.2 Å². The molecule has 3 aromatic rings. The molecule has 6 nitrogen and oxygen atoms in total. The van der Waals surface area contributed by atoms with Crippen LogP contribution in [0.1, 0.15) is 0 Å². The number of nitrogens with zero attached hydrogens (tertiary/aromatic N) is 2. The summed E-state index contributed by atoms with van der Waals surface area (Å²) in [7, 11) is 0. The zero-order valence-corrected chi connectivity index (χ0v) is 13.6. The maximum absolute atomic E-state index is 11.8. The van der Waals surface area contributed by atoms with E-state index in [1.54, 1.807) is 36.4 Å². The number of hydrogen-bond acceptors (Lipinski definition) is 6. The monoisotopic (exact) mass is 364 g/mol. The number of benzene rings is 2. The van der Waals surface area contributed by atoms with Gasteiger partial charge in [-0.1, -0.05) is 23.2 Å². The maximum Gasteiger partial charge on any atom is 0.349 e. The second-order valence-electron chi connectivity index (χ2n) is 4.61. The quantitative estimate of drug-likeness (QED) is 0.502. The zero-order chi connectivity index (χ0) is 16.9. The SMILES string of the molecule is O=C(COc1ccc(Cl)cc1Cl)Oc1ccc(-c2nnco2)cc1. The zero-order valence-electron chi connectivity index (χ0n) is 12.1. The summed E-state index contributed by atoms with van der Waals surface area (Å²) in [6.07, 6.45) is 1.24. The summed E-state index contributed by atoms with van der Waals surface area (Å²) in [6, 6.07) is 11.4. The fourth-order valence-electron chi connectivity index (χ4n) is 1.85. The third-order valence-electron chi connectivity index (χ3n) is 2.93. The molecule has 122 valence electrons. The molecule has 0 N–H and O–H groups in total. The number of rotatable bonds is 5. The van der Waals surface area contributed by atoms with Crippen LogP contribution in [0.3, 0.4) is 0 Å². The molecule has 0 spiro atoms. The van der Waals surface area contributed by atoms with Crippen molar-refractivity contribution in [1.29, 1.82) is 0 Å². The first-order valence-electron chi connectivity index (χ1n) is 6.77. The Balaban J connectivity index is 1.56. The molecule has 0 bridgehead atoms. The average molecular weight is 365 g/mol. The second-order valence-corrected chi connectivity index (χ2v) is 5.45. The van der Waals surface area contributed by atoms with E-state index in [9.17, 15) is 4.79 Å². The van der Waals surface area contributed by atoms with Crippen molar-refractivity contribution in [3.8, 4) is 23.0 Å². The molecule has 24 heavy (non-hydrogen) atoms. The lowest BCUT2D eigenvalue weighted by atomic mass is 10.2. The van der Waals surface area contributed by atoms with Gasteiger partial charge in [0, 0.05) is 10.6 Å². The third kappa shape index (κ3) is 4.04. The van der Waals surface area contributed by atoms with Crippen LogP contribution in [0.25, 0.3) is 11.5 Å². The third-order valence-corrected chi connectivity index (χ3v) is 3.46. The summed E-state index contributed by atoms with van der Waals surface area (Å²) in [5, 5.41) is 8.19. The molecule has 8 heteroatoms. The largest absolute Gasteiger partial charge is 0.480 e. The highest BCUT2D eigenvalue weighted by molar-refractivity contribution is 6.35. The van der Waals surface area contributed by atoms with E-state index < -0.39 is 5.97 Å². The average Bonchev–Trinajstić information content (AvgIpc) is 3.09. The Kier molecular flexibility index (Phi) is 4.98. The van der Waals surface area contributed by atoms with Crippen LogP contribution in [0.5, 0.6) is 11.5 Å². The molecule has 0 atom stereocenters. The number of carbonyl (C=O) groups is 1. The first-order valence-corrected chi connectivity index (χ1v) is 7.52. The smallest absolute Gasteiger partial charge is 0.349 e. The number of halogens is 2. The van der Waals surface area contributed by atoms with E-state index in [4.69, 9.17) is 37.1 Å². The van der Waals surface area contributed by atoms with Crippen LogP contribution in [-0.4, -0.2) is 22.8 Å². The molecule has 3 rings (SSSR count). The molecule has 0 aliphatic heterocycles. The van der Waals surface area contributed by atoms with Gasteiger partial charge in [0.25, 0.3) is 0 Å². The fourth-order valence-corrected chi connectivity index (χ4v) is 2.32. The minimum absolute atomic E-state index is 0.285. The lowest BCUT2D eigenvalue weighted by Crippen LogP contribution is -2.17. The van der Waals surface area contributed by atoms with Gasteiger partial charge in [0.2, 0.25) is 12.3 Å². The summed E-state index contributed by atoms with van der Waals surface area (Å²) in [4.78, 5) is 11.8. The second kappa shape index (κ2) is 7.33. The van der Waals surface area contributed by atoms with Gasteiger partial charge in [-0.25, -0.2) is 4.79 Å². The van der Waals surface area contributed by atoms with Gasteiger partial charge < -0.3 is 13.9 Å². The summed E-state index contributed by atoms with van der Waals surface area (Å²) < 4.78 is 15.6. The van der Waals surface area contributed by atoms with Gasteiger partial charge in [0.05, 0.1) is 5.02 Å². The molecule has 0 aliphatic rings. The van der Waals surface area contributed by atoms with E-state index >= 15 is 0 Å². The number of carbonyl (C=O) groups excluding carboxylic acids is 1. The maximum atomic E-state index is 11.8. The summed E-state index contributed by atoms with van der Waals surface area (Å²) in [6.45, 7) is -0.285. The van der Waals surface area contributed by atoms with Gasteiger partial charge in [0.1, 0.15) is 11.5 Å². The highest BCUT2D eigenvalue weighted by Gasteiger charge is 2.10.